The molecule has 0 aliphatic rings. The molecule has 1 aromatic carbocycles. The summed E-state index contributed by atoms with van der Waals surface area (Å²) in [5.74, 6) is -1.12. The molecule has 3 rings (SSSR count). The van der Waals surface area contributed by atoms with Gasteiger partial charge in [-0.1, -0.05) is 29.2 Å². The Balaban J connectivity index is 1.75. The van der Waals surface area contributed by atoms with Crippen molar-refractivity contribution in [2.75, 3.05) is 30.6 Å². The number of nitrogens with one attached hydrogen (secondary N) is 2. The zero-order chi connectivity index (χ0) is 23.3. The van der Waals surface area contributed by atoms with E-state index in [-0.39, 0.29) is 27.1 Å². The van der Waals surface area contributed by atoms with Crippen LogP contribution in [0.5, 0.6) is 0 Å². The molecule has 2 aromatic heterocycles. The topological polar surface area (TPSA) is 146 Å². The predicted molar refractivity (Wildman–Crippen MR) is 125 cm³/mol. The standard InChI is InChI=1S/C19H19N5O5S3/c1-9(25)21-10-5-4-6-11(7-10)22-18-23-24-19(32-18)30-8-12-13(16(26)28-2)15(20)31-14(12)17(27)29-3/h4-7H,8,20H2,1-3H3,(H,21,25)(H,22,23). The van der Waals surface area contributed by atoms with Crippen LogP contribution in [0.15, 0.2) is 28.6 Å². The molecule has 0 unspecified atom stereocenters. The molecule has 2 heterocycles. The Bertz CT molecular complexity index is 1160. The van der Waals surface area contributed by atoms with Crippen molar-refractivity contribution in [2.24, 2.45) is 0 Å². The van der Waals surface area contributed by atoms with E-state index in [1.54, 1.807) is 18.2 Å². The van der Waals surface area contributed by atoms with Crippen molar-refractivity contribution in [2.45, 2.75) is 17.0 Å². The van der Waals surface area contributed by atoms with Crippen molar-refractivity contribution in [1.82, 2.24) is 10.2 Å². The van der Waals surface area contributed by atoms with Gasteiger partial charge in [0.15, 0.2) is 4.34 Å². The zero-order valence-corrected chi connectivity index (χ0v) is 19.7. The number of methoxy groups -OCH3 is 2. The van der Waals surface area contributed by atoms with Gasteiger partial charge in [-0.3, -0.25) is 4.79 Å². The van der Waals surface area contributed by atoms with Gasteiger partial charge in [0, 0.05) is 29.6 Å². The van der Waals surface area contributed by atoms with Crippen LogP contribution in [-0.2, 0) is 20.0 Å². The third-order valence-corrected chi connectivity index (χ3v) is 7.01. The molecule has 0 radical (unpaired) electrons. The van der Waals surface area contributed by atoms with Gasteiger partial charge in [0.25, 0.3) is 0 Å². The maximum Gasteiger partial charge on any atom is 0.348 e. The van der Waals surface area contributed by atoms with Gasteiger partial charge < -0.3 is 25.8 Å². The molecule has 32 heavy (non-hydrogen) atoms. The van der Waals surface area contributed by atoms with Crippen molar-refractivity contribution in [3.05, 3.63) is 40.3 Å². The minimum atomic E-state index is -0.622. The molecule has 0 aliphatic carbocycles. The van der Waals surface area contributed by atoms with Crippen molar-refractivity contribution >= 4 is 73.8 Å². The van der Waals surface area contributed by atoms with Gasteiger partial charge in [-0.05, 0) is 18.2 Å². The van der Waals surface area contributed by atoms with Gasteiger partial charge in [0.2, 0.25) is 11.0 Å². The highest BCUT2D eigenvalue weighted by Crippen LogP contribution is 2.38. The van der Waals surface area contributed by atoms with Crippen LogP contribution in [0.25, 0.3) is 0 Å². The van der Waals surface area contributed by atoms with E-state index in [1.807, 2.05) is 6.07 Å². The van der Waals surface area contributed by atoms with Crippen molar-refractivity contribution in [3.63, 3.8) is 0 Å². The molecule has 10 nitrogen and oxygen atoms in total. The summed E-state index contributed by atoms with van der Waals surface area (Å²) in [5.41, 5.74) is 7.93. The largest absolute Gasteiger partial charge is 0.465 e. The van der Waals surface area contributed by atoms with Gasteiger partial charge in [-0.25, -0.2) is 9.59 Å². The average Bonchev–Trinajstić information content (AvgIpc) is 3.34. The number of nitrogen functional groups attached to an aromatic ring is 1. The van der Waals surface area contributed by atoms with Gasteiger partial charge in [-0.2, -0.15) is 0 Å². The van der Waals surface area contributed by atoms with Crippen LogP contribution in [0.2, 0.25) is 0 Å². The number of esters is 2. The van der Waals surface area contributed by atoms with E-state index in [0.717, 1.165) is 17.0 Å². The summed E-state index contributed by atoms with van der Waals surface area (Å²) < 4.78 is 10.2. The van der Waals surface area contributed by atoms with Gasteiger partial charge in [0.1, 0.15) is 9.88 Å². The molecule has 0 bridgehead atoms. The quantitative estimate of drug-likeness (QED) is 0.313. The minimum absolute atomic E-state index is 0.156. The maximum absolute atomic E-state index is 12.2. The average molecular weight is 494 g/mol. The molecule has 1 amide bonds. The van der Waals surface area contributed by atoms with E-state index < -0.39 is 11.9 Å². The molecular weight excluding hydrogens is 474 g/mol. The first-order valence-electron chi connectivity index (χ1n) is 9.01. The molecule has 168 valence electrons. The second-order valence-electron chi connectivity index (χ2n) is 6.18. The lowest BCUT2D eigenvalue weighted by molar-refractivity contribution is -0.114. The van der Waals surface area contributed by atoms with Crippen LogP contribution in [0.3, 0.4) is 0 Å². The Hall–Kier alpha value is -3.16. The first kappa shape index (κ1) is 23.5. The van der Waals surface area contributed by atoms with Crippen LogP contribution in [0.1, 0.15) is 32.5 Å². The van der Waals surface area contributed by atoms with E-state index in [9.17, 15) is 14.4 Å². The second-order valence-corrected chi connectivity index (χ2v) is 9.43. The molecular formula is C19H19N5O5S3. The Morgan fingerprint density at radius 2 is 1.81 bits per heavy atom. The van der Waals surface area contributed by atoms with Crippen molar-refractivity contribution < 1.29 is 23.9 Å². The maximum atomic E-state index is 12.2. The lowest BCUT2D eigenvalue weighted by atomic mass is 10.1. The van der Waals surface area contributed by atoms with Crippen LogP contribution in [0, 0.1) is 0 Å². The van der Waals surface area contributed by atoms with Crippen LogP contribution < -0.4 is 16.4 Å². The normalized spacial score (nSPS) is 10.5. The smallest absolute Gasteiger partial charge is 0.348 e. The number of carbonyl (C=O) groups is 3. The van der Waals surface area contributed by atoms with Crippen LogP contribution in [0.4, 0.5) is 21.5 Å². The summed E-state index contributed by atoms with van der Waals surface area (Å²) in [7, 11) is 2.51. The third kappa shape index (κ3) is 5.55. The third-order valence-electron chi connectivity index (χ3n) is 3.98. The number of thioether (sulfide) groups is 1. The number of aromatic nitrogens is 2. The molecule has 0 aliphatic heterocycles. The number of thiophene rings is 1. The number of hydrogen-bond acceptors (Lipinski definition) is 12. The molecule has 0 atom stereocenters. The van der Waals surface area contributed by atoms with E-state index in [0.29, 0.717) is 20.7 Å². The van der Waals surface area contributed by atoms with Crippen molar-refractivity contribution in [3.8, 4) is 0 Å². The first-order chi connectivity index (χ1) is 15.3. The molecule has 0 saturated heterocycles. The number of benzene rings is 1. The molecule has 13 heteroatoms. The number of hydrogen-bond donors (Lipinski definition) is 3. The number of carbonyl (C=O) groups excluding carboxylic acids is 3. The highest BCUT2D eigenvalue weighted by atomic mass is 32.2. The number of anilines is 4. The fourth-order valence-electron chi connectivity index (χ4n) is 2.66. The number of amides is 1. The number of ether oxygens (including phenoxy) is 2. The Labute approximate surface area is 195 Å². The fourth-order valence-corrected chi connectivity index (χ4v) is 5.55. The summed E-state index contributed by atoms with van der Waals surface area (Å²) in [4.78, 5) is 35.8. The van der Waals surface area contributed by atoms with Crippen LogP contribution in [-0.4, -0.2) is 42.3 Å². The van der Waals surface area contributed by atoms with E-state index in [2.05, 4.69) is 20.8 Å². The monoisotopic (exact) mass is 493 g/mol. The first-order valence-corrected chi connectivity index (χ1v) is 11.6. The highest BCUT2D eigenvalue weighted by Gasteiger charge is 2.27. The van der Waals surface area contributed by atoms with Gasteiger partial charge in [-0.15, -0.1) is 21.5 Å². The van der Waals surface area contributed by atoms with Crippen LogP contribution >= 0.6 is 34.4 Å². The van der Waals surface area contributed by atoms with Crippen molar-refractivity contribution in [1.29, 1.82) is 0 Å². The Morgan fingerprint density at radius 3 is 2.50 bits per heavy atom. The molecule has 0 fully saturated rings. The summed E-state index contributed by atoms with van der Waals surface area (Å²) in [5, 5.41) is 14.8. The lowest BCUT2D eigenvalue weighted by Gasteiger charge is -2.06. The number of nitrogens with zero attached hydrogens (tertiary/aromatic N) is 2. The molecule has 3 aromatic rings. The Kier molecular flexibility index (Phi) is 7.66. The summed E-state index contributed by atoms with van der Waals surface area (Å²) in [6.07, 6.45) is 0. The van der Waals surface area contributed by atoms with E-state index in [1.165, 1.54) is 44.2 Å². The minimum Gasteiger partial charge on any atom is -0.465 e. The highest BCUT2D eigenvalue weighted by molar-refractivity contribution is 8.00. The summed E-state index contributed by atoms with van der Waals surface area (Å²) in [6, 6.07) is 7.18. The molecule has 0 saturated carbocycles. The molecule has 0 spiro atoms. The summed E-state index contributed by atoms with van der Waals surface area (Å²) >= 11 is 3.57. The van der Waals surface area contributed by atoms with Gasteiger partial charge in [0.05, 0.1) is 19.8 Å². The Morgan fingerprint density at radius 1 is 1.09 bits per heavy atom. The SMILES string of the molecule is COC(=O)c1sc(N)c(C(=O)OC)c1CSc1nnc(Nc2cccc(NC(C)=O)c2)s1. The predicted octanol–water partition coefficient (Wildman–Crippen LogP) is 3.75. The molecule has 4 N–H and O–H groups in total. The van der Waals surface area contributed by atoms with E-state index >= 15 is 0 Å². The number of nitrogens with two attached hydrogens (primary N) is 1. The second kappa shape index (κ2) is 10.4. The van der Waals surface area contributed by atoms with Gasteiger partial charge >= 0.3 is 11.9 Å². The summed E-state index contributed by atoms with van der Waals surface area (Å²) in [6.45, 7) is 1.44. The number of rotatable bonds is 8. The van der Waals surface area contributed by atoms with E-state index in [4.69, 9.17) is 15.2 Å². The lowest BCUT2D eigenvalue weighted by Crippen LogP contribution is -2.08. The fraction of sp³-hybridized carbons (Fsp3) is 0.211. The zero-order valence-electron chi connectivity index (χ0n) is 17.3.